The van der Waals surface area contributed by atoms with E-state index < -0.39 is 0 Å². The van der Waals surface area contributed by atoms with Gasteiger partial charge in [-0.1, -0.05) is 24.3 Å². The Balaban J connectivity index is 1.37. The normalized spacial score (nSPS) is 11.0. The molecule has 0 aliphatic rings. The summed E-state index contributed by atoms with van der Waals surface area (Å²) in [5.74, 6) is -0.0958. The maximum Gasteiger partial charge on any atom is 0.251 e. The lowest BCUT2D eigenvalue weighted by molar-refractivity contribution is 0.0954. The van der Waals surface area contributed by atoms with Crippen molar-refractivity contribution in [3.05, 3.63) is 75.4 Å². The van der Waals surface area contributed by atoms with Crippen molar-refractivity contribution in [1.82, 2.24) is 20.3 Å². The Morgan fingerprint density at radius 1 is 0.931 bits per heavy atom. The number of nitrogens with zero attached hydrogens (tertiary/aromatic N) is 3. The first-order valence-corrected chi connectivity index (χ1v) is 10.4. The average Bonchev–Trinajstić information content (AvgIpc) is 3.15. The van der Waals surface area contributed by atoms with E-state index in [-0.39, 0.29) is 5.91 Å². The van der Waals surface area contributed by atoms with Gasteiger partial charge in [-0.25, -0.2) is 15.0 Å². The van der Waals surface area contributed by atoms with Crippen LogP contribution in [-0.4, -0.2) is 27.4 Å². The second-order valence-electron chi connectivity index (χ2n) is 7.05. The minimum atomic E-state index is -0.0958. The van der Waals surface area contributed by atoms with Gasteiger partial charge in [0.05, 0.1) is 33.1 Å². The van der Waals surface area contributed by atoms with Crippen molar-refractivity contribution < 1.29 is 4.79 Å². The highest BCUT2D eigenvalue weighted by Crippen LogP contribution is 2.22. The zero-order valence-corrected chi connectivity index (χ0v) is 17.5. The van der Waals surface area contributed by atoms with Crippen molar-refractivity contribution in [2.45, 2.75) is 27.2 Å². The molecule has 0 saturated heterocycles. The molecule has 0 fully saturated rings. The van der Waals surface area contributed by atoms with Crippen LogP contribution in [0.2, 0.25) is 0 Å². The van der Waals surface area contributed by atoms with Gasteiger partial charge >= 0.3 is 0 Å². The van der Waals surface area contributed by atoms with E-state index in [4.69, 9.17) is 0 Å². The molecule has 4 aromatic rings. The number of nitrogens with one attached hydrogen (secondary N) is 1. The molecule has 2 aromatic heterocycles. The summed E-state index contributed by atoms with van der Waals surface area (Å²) in [6.45, 7) is 6.45. The number of fused-ring (bicyclic) bond motifs is 1. The number of aromatic nitrogens is 3. The Labute approximate surface area is 173 Å². The molecule has 0 aliphatic heterocycles. The molecule has 29 heavy (non-hydrogen) atoms. The Bertz CT molecular complexity index is 1180. The first-order chi connectivity index (χ1) is 14.0. The van der Waals surface area contributed by atoms with Gasteiger partial charge in [-0.05, 0) is 51.0 Å². The lowest BCUT2D eigenvalue weighted by atomic mass is 10.1. The van der Waals surface area contributed by atoms with Crippen molar-refractivity contribution in [3.63, 3.8) is 0 Å². The van der Waals surface area contributed by atoms with E-state index in [1.807, 2.05) is 26.8 Å². The molecule has 1 N–H and O–H groups in total. The smallest absolute Gasteiger partial charge is 0.251 e. The summed E-state index contributed by atoms with van der Waals surface area (Å²) in [5.41, 5.74) is 7.24. The molecule has 0 unspecified atom stereocenters. The first kappa shape index (κ1) is 19.2. The van der Waals surface area contributed by atoms with Crippen LogP contribution in [0.1, 0.15) is 32.3 Å². The minimum Gasteiger partial charge on any atom is -0.352 e. The maximum atomic E-state index is 12.5. The molecular formula is C23H22N4OS. The third-order valence-corrected chi connectivity index (χ3v) is 5.68. The van der Waals surface area contributed by atoms with E-state index >= 15 is 0 Å². The predicted octanol–water partition coefficient (Wildman–Crippen LogP) is 4.65. The van der Waals surface area contributed by atoms with E-state index in [1.54, 1.807) is 23.5 Å². The van der Waals surface area contributed by atoms with Crippen LogP contribution >= 0.6 is 11.3 Å². The lowest BCUT2D eigenvalue weighted by Gasteiger charge is -2.08. The highest BCUT2D eigenvalue weighted by atomic mass is 32.1. The molecular weight excluding hydrogens is 380 g/mol. The fraction of sp³-hybridized carbons (Fsp3) is 0.217. The number of hydrogen-bond donors (Lipinski definition) is 1. The molecule has 4 rings (SSSR count). The third kappa shape index (κ3) is 4.32. The molecule has 2 aromatic carbocycles. The van der Waals surface area contributed by atoms with Gasteiger partial charge in [0.2, 0.25) is 0 Å². The van der Waals surface area contributed by atoms with Crippen LogP contribution in [0.25, 0.3) is 22.3 Å². The number of rotatable bonds is 5. The predicted molar refractivity (Wildman–Crippen MR) is 117 cm³/mol. The van der Waals surface area contributed by atoms with Crippen molar-refractivity contribution >= 4 is 28.3 Å². The van der Waals surface area contributed by atoms with Crippen molar-refractivity contribution in [1.29, 1.82) is 0 Å². The maximum absolute atomic E-state index is 12.5. The first-order valence-electron chi connectivity index (χ1n) is 9.54. The zero-order chi connectivity index (χ0) is 20.4. The van der Waals surface area contributed by atoms with Crippen LogP contribution in [-0.2, 0) is 6.42 Å². The summed E-state index contributed by atoms with van der Waals surface area (Å²) in [7, 11) is 0. The molecule has 0 bridgehead atoms. The van der Waals surface area contributed by atoms with Gasteiger partial charge in [-0.2, -0.15) is 0 Å². The fourth-order valence-electron chi connectivity index (χ4n) is 3.13. The van der Waals surface area contributed by atoms with E-state index in [0.717, 1.165) is 45.1 Å². The number of amides is 1. The molecule has 146 valence electrons. The highest BCUT2D eigenvalue weighted by molar-refractivity contribution is 7.09. The molecule has 1 amide bonds. The summed E-state index contributed by atoms with van der Waals surface area (Å²) in [5, 5.41) is 6.13. The quantitative estimate of drug-likeness (QED) is 0.528. The molecule has 0 spiro atoms. The second-order valence-corrected chi connectivity index (χ2v) is 8.11. The number of carbonyl (C=O) groups excluding carboxylic acids is 1. The number of carbonyl (C=O) groups is 1. The number of aryl methyl sites for hydroxylation is 3. The average molecular weight is 403 g/mol. The van der Waals surface area contributed by atoms with Gasteiger partial charge in [0.1, 0.15) is 0 Å². The van der Waals surface area contributed by atoms with Crippen molar-refractivity contribution in [2.24, 2.45) is 0 Å². The Hall–Kier alpha value is -3.12. The summed E-state index contributed by atoms with van der Waals surface area (Å²) in [6, 6.07) is 13.8. The van der Waals surface area contributed by atoms with Gasteiger partial charge in [0, 0.05) is 23.1 Å². The number of thiazole rings is 1. The fourth-order valence-corrected chi connectivity index (χ4v) is 3.75. The van der Waals surface area contributed by atoms with E-state index in [0.29, 0.717) is 12.1 Å². The van der Waals surface area contributed by atoms with Crippen LogP contribution in [0.3, 0.4) is 0 Å². The van der Waals surface area contributed by atoms with E-state index in [9.17, 15) is 4.79 Å². The van der Waals surface area contributed by atoms with Gasteiger partial charge < -0.3 is 5.32 Å². The van der Waals surface area contributed by atoms with Gasteiger partial charge in [-0.3, -0.25) is 4.79 Å². The highest BCUT2D eigenvalue weighted by Gasteiger charge is 2.09. The number of benzene rings is 2. The van der Waals surface area contributed by atoms with Crippen molar-refractivity contribution in [2.75, 3.05) is 6.54 Å². The van der Waals surface area contributed by atoms with Gasteiger partial charge in [-0.15, -0.1) is 11.3 Å². The molecule has 6 heteroatoms. The van der Waals surface area contributed by atoms with Crippen LogP contribution < -0.4 is 5.32 Å². The second kappa shape index (κ2) is 8.09. The molecule has 0 saturated carbocycles. The summed E-state index contributed by atoms with van der Waals surface area (Å²) in [6.07, 6.45) is 0.772. The number of hydrogen-bond acceptors (Lipinski definition) is 5. The minimum absolute atomic E-state index is 0.0958. The largest absolute Gasteiger partial charge is 0.352 e. The lowest BCUT2D eigenvalue weighted by Crippen LogP contribution is -2.25. The van der Waals surface area contributed by atoms with Gasteiger partial charge in [0.25, 0.3) is 5.91 Å². The van der Waals surface area contributed by atoms with E-state index in [1.165, 1.54) is 5.56 Å². The van der Waals surface area contributed by atoms with Crippen LogP contribution in [0.5, 0.6) is 0 Å². The Morgan fingerprint density at radius 3 is 2.34 bits per heavy atom. The van der Waals surface area contributed by atoms with E-state index in [2.05, 4.69) is 49.9 Å². The van der Waals surface area contributed by atoms with Crippen molar-refractivity contribution in [3.8, 4) is 11.3 Å². The summed E-state index contributed by atoms with van der Waals surface area (Å²) >= 11 is 1.65. The SMILES string of the molecule is Cc1nc(-c2ccc(CCNC(=O)c3ccc4nc(C)c(C)nc4c3)cc2)cs1. The standard InChI is InChI=1S/C23H22N4OS/c1-14-15(2)26-21-12-19(8-9-20(21)25-14)23(28)24-11-10-17-4-6-18(7-5-17)22-13-29-16(3)27-22/h4-9,12-13H,10-11H2,1-3H3,(H,24,28). The van der Waals surface area contributed by atoms with Crippen LogP contribution in [0.15, 0.2) is 47.8 Å². The third-order valence-electron chi connectivity index (χ3n) is 4.91. The summed E-state index contributed by atoms with van der Waals surface area (Å²) < 4.78 is 0. The Morgan fingerprint density at radius 2 is 1.66 bits per heavy atom. The zero-order valence-electron chi connectivity index (χ0n) is 16.7. The molecule has 2 heterocycles. The molecule has 0 radical (unpaired) electrons. The van der Waals surface area contributed by atoms with Crippen LogP contribution in [0.4, 0.5) is 0 Å². The van der Waals surface area contributed by atoms with Gasteiger partial charge in [0.15, 0.2) is 0 Å². The summed E-state index contributed by atoms with van der Waals surface area (Å²) in [4.78, 5) is 26.1. The Kier molecular flexibility index (Phi) is 5.36. The van der Waals surface area contributed by atoms with Crippen LogP contribution in [0, 0.1) is 20.8 Å². The molecule has 0 aliphatic carbocycles. The monoisotopic (exact) mass is 402 g/mol. The topological polar surface area (TPSA) is 67.8 Å². The molecule has 0 atom stereocenters. The molecule has 5 nitrogen and oxygen atoms in total.